The average molecular weight is 584 g/mol. The fraction of sp³-hybridized carbons (Fsp3) is 0.571. The molecule has 12 nitrogen and oxygen atoms in total. The van der Waals surface area contributed by atoms with E-state index in [0.717, 1.165) is 24.8 Å². The van der Waals surface area contributed by atoms with Crippen molar-refractivity contribution in [3.8, 4) is 11.4 Å². The number of nitrogens with zero attached hydrogens (tertiary/aromatic N) is 5. The molecule has 0 unspecified atom stereocenters. The van der Waals surface area contributed by atoms with Crippen molar-refractivity contribution < 1.29 is 22.8 Å². The number of aromatic nitrogens is 4. The van der Waals surface area contributed by atoms with E-state index in [1.165, 1.54) is 4.80 Å². The number of hydrogen-bond acceptors (Lipinski definition) is 8. The van der Waals surface area contributed by atoms with Gasteiger partial charge in [-0.1, -0.05) is 36.4 Å². The van der Waals surface area contributed by atoms with Crippen molar-refractivity contribution in [1.29, 1.82) is 0 Å². The Balaban J connectivity index is 1.31. The topological polar surface area (TPSA) is 156 Å². The Labute approximate surface area is 240 Å². The molecule has 0 aliphatic heterocycles. The Morgan fingerprint density at radius 2 is 1.83 bits per heavy atom. The fourth-order valence-electron chi connectivity index (χ4n) is 5.43. The molecule has 5 rings (SSSR count). The average Bonchev–Trinajstić information content (AvgIpc) is 3.87. The number of unbranched alkanes of at least 4 members (excludes halogenated alkanes) is 2. The molecule has 3 aliphatic carbocycles. The summed E-state index contributed by atoms with van der Waals surface area (Å²) in [5.41, 5.74) is -0.464. The van der Waals surface area contributed by atoms with Crippen LogP contribution in [0.25, 0.3) is 11.4 Å². The van der Waals surface area contributed by atoms with Crippen LogP contribution in [0.3, 0.4) is 0 Å². The first-order valence-corrected chi connectivity index (χ1v) is 15.8. The van der Waals surface area contributed by atoms with Crippen LogP contribution in [0, 0.1) is 11.8 Å². The first-order chi connectivity index (χ1) is 19.6. The first kappa shape index (κ1) is 28.9. The molecule has 0 saturated heterocycles. The highest BCUT2D eigenvalue weighted by Gasteiger charge is 2.55. The van der Waals surface area contributed by atoms with Crippen LogP contribution < -0.4 is 10.0 Å². The summed E-state index contributed by atoms with van der Waals surface area (Å²) in [4.78, 5) is 43.3. The maximum absolute atomic E-state index is 13.7. The number of sulfonamides is 1. The summed E-state index contributed by atoms with van der Waals surface area (Å²) in [5, 5.41) is 15.2. The fourth-order valence-corrected chi connectivity index (χ4v) is 6.80. The summed E-state index contributed by atoms with van der Waals surface area (Å²) in [7, 11) is -2.01. The number of carbonyl (C=O) groups excluding carboxylic acids is 3. The molecular weight excluding hydrogens is 546 g/mol. The summed E-state index contributed by atoms with van der Waals surface area (Å²) >= 11 is 0. The molecule has 13 heteroatoms. The quantitative estimate of drug-likeness (QED) is 0.268. The van der Waals surface area contributed by atoms with E-state index >= 15 is 0 Å². The molecule has 3 saturated carbocycles. The number of nitrogens with one attached hydrogen (secondary N) is 2. The maximum Gasteiger partial charge on any atom is 0.259 e. The van der Waals surface area contributed by atoms with Crippen LogP contribution in [0.2, 0.25) is 0 Å². The molecule has 2 aromatic rings. The number of rotatable bonds is 13. The van der Waals surface area contributed by atoms with Crippen molar-refractivity contribution in [2.45, 2.75) is 74.6 Å². The zero-order valence-electron chi connectivity index (χ0n) is 23.2. The maximum atomic E-state index is 13.7. The molecule has 220 valence electrons. The van der Waals surface area contributed by atoms with E-state index in [0.29, 0.717) is 44.5 Å². The monoisotopic (exact) mass is 583 g/mol. The summed E-state index contributed by atoms with van der Waals surface area (Å²) in [5.74, 6) is -2.23. The zero-order valence-corrected chi connectivity index (χ0v) is 24.1. The summed E-state index contributed by atoms with van der Waals surface area (Å²) in [6.45, 7) is 4.28. The summed E-state index contributed by atoms with van der Waals surface area (Å²) in [6.07, 6.45) is 6.79. The minimum absolute atomic E-state index is 0.153. The van der Waals surface area contributed by atoms with E-state index in [9.17, 15) is 22.8 Å². The van der Waals surface area contributed by atoms with Gasteiger partial charge in [-0.15, -0.1) is 16.8 Å². The van der Waals surface area contributed by atoms with Gasteiger partial charge < -0.3 is 10.2 Å². The second-order valence-corrected chi connectivity index (χ2v) is 13.4. The van der Waals surface area contributed by atoms with E-state index in [1.54, 1.807) is 11.9 Å². The lowest BCUT2D eigenvalue weighted by Gasteiger charge is -2.26. The lowest BCUT2D eigenvalue weighted by molar-refractivity contribution is -0.140. The zero-order chi connectivity index (χ0) is 29.2. The van der Waals surface area contributed by atoms with Crippen LogP contribution in [0.4, 0.5) is 0 Å². The predicted molar refractivity (Wildman–Crippen MR) is 150 cm³/mol. The number of amides is 3. The van der Waals surface area contributed by atoms with Crippen LogP contribution in [-0.2, 0) is 24.4 Å². The Kier molecular flexibility index (Phi) is 8.25. The molecule has 0 spiro atoms. The third kappa shape index (κ3) is 6.50. The van der Waals surface area contributed by atoms with Crippen molar-refractivity contribution in [2.75, 3.05) is 13.6 Å². The van der Waals surface area contributed by atoms with Gasteiger partial charge in [0.15, 0.2) is 0 Å². The lowest BCUT2D eigenvalue weighted by atomic mass is 9.93. The van der Waals surface area contributed by atoms with E-state index in [2.05, 4.69) is 32.0 Å². The van der Waals surface area contributed by atoms with Gasteiger partial charge in [0, 0.05) is 19.2 Å². The Bertz CT molecular complexity index is 1400. The van der Waals surface area contributed by atoms with Crippen molar-refractivity contribution in [1.82, 2.24) is 35.1 Å². The minimum atomic E-state index is -3.74. The van der Waals surface area contributed by atoms with Gasteiger partial charge in [-0.05, 0) is 63.0 Å². The molecule has 0 radical (unpaired) electrons. The van der Waals surface area contributed by atoms with Crippen LogP contribution in [0.1, 0.15) is 63.8 Å². The van der Waals surface area contributed by atoms with Crippen LogP contribution in [0.15, 0.2) is 43.0 Å². The molecule has 1 heterocycles. The van der Waals surface area contributed by atoms with Gasteiger partial charge in [-0.2, -0.15) is 4.80 Å². The van der Waals surface area contributed by atoms with Crippen LogP contribution >= 0.6 is 0 Å². The van der Waals surface area contributed by atoms with Gasteiger partial charge >= 0.3 is 0 Å². The Morgan fingerprint density at radius 3 is 2.49 bits per heavy atom. The largest absolute Gasteiger partial charge is 0.346 e. The second kappa shape index (κ2) is 11.7. The molecular formula is C28H37N7O5S. The standard InChI is InChI=1S/C28H37N7O5S/c1-3-4-5-9-16-34(2)26(37)23-18-20(35-31-24(30-33-35)19-10-7-6-8-11-19)17-22(23)25(36)29-28(14-15-28)27(38)32-41(39,40)21-12-13-21/h3,6-8,10-11,20-23H,1,4-5,9,12-18H2,2H3,(H,29,36)(H,32,38)/t20-,22-,23-/m1/s1. The minimum Gasteiger partial charge on any atom is -0.346 e. The number of benzene rings is 1. The molecule has 3 atom stereocenters. The van der Waals surface area contributed by atoms with Gasteiger partial charge in [0.1, 0.15) is 5.54 Å². The highest BCUT2D eigenvalue weighted by atomic mass is 32.2. The van der Waals surface area contributed by atoms with Gasteiger partial charge in [-0.3, -0.25) is 19.1 Å². The number of tetrazole rings is 1. The molecule has 3 amide bonds. The molecule has 2 N–H and O–H groups in total. The van der Waals surface area contributed by atoms with Crippen LogP contribution in [-0.4, -0.2) is 75.6 Å². The normalized spacial score (nSPS) is 23.0. The Morgan fingerprint density at radius 1 is 1.12 bits per heavy atom. The highest BCUT2D eigenvalue weighted by molar-refractivity contribution is 7.91. The lowest BCUT2D eigenvalue weighted by Crippen LogP contribution is -2.53. The van der Waals surface area contributed by atoms with Crippen molar-refractivity contribution in [3.63, 3.8) is 0 Å². The van der Waals surface area contributed by atoms with Crippen LogP contribution in [0.5, 0.6) is 0 Å². The molecule has 1 aromatic carbocycles. The van der Waals surface area contributed by atoms with E-state index in [1.807, 2.05) is 36.4 Å². The smallest absolute Gasteiger partial charge is 0.259 e. The molecule has 1 aromatic heterocycles. The van der Waals surface area contributed by atoms with Crippen molar-refractivity contribution in [3.05, 3.63) is 43.0 Å². The number of carbonyl (C=O) groups is 3. The second-order valence-electron chi connectivity index (χ2n) is 11.4. The van der Waals surface area contributed by atoms with Gasteiger partial charge in [0.25, 0.3) is 5.91 Å². The number of hydrogen-bond donors (Lipinski definition) is 2. The van der Waals surface area contributed by atoms with Gasteiger partial charge in [0.05, 0.1) is 23.1 Å². The molecule has 3 aliphatic rings. The third-order valence-electron chi connectivity index (χ3n) is 8.25. The predicted octanol–water partition coefficient (Wildman–Crippen LogP) is 1.98. The van der Waals surface area contributed by atoms with Gasteiger partial charge in [-0.25, -0.2) is 8.42 Å². The first-order valence-electron chi connectivity index (χ1n) is 14.2. The molecule has 41 heavy (non-hydrogen) atoms. The summed E-state index contributed by atoms with van der Waals surface area (Å²) in [6, 6.07) is 9.06. The van der Waals surface area contributed by atoms with E-state index in [4.69, 9.17) is 0 Å². The van der Waals surface area contributed by atoms with Crippen molar-refractivity contribution >= 4 is 27.7 Å². The Hall–Kier alpha value is -3.61. The van der Waals surface area contributed by atoms with Crippen molar-refractivity contribution in [2.24, 2.45) is 11.8 Å². The third-order valence-corrected chi connectivity index (χ3v) is 10.1. The van der Waals surface area contributed by atoms with E-state index < -0.39 is 44.5 Å². The highest BCUT2D eigenvalue weighted by Crippen LogP contribution is 2.43. The number of allylic oxidation sites excluding steroid dienone is 1. The van der Waals surface area contributed by atoms with E-state index in [-0.39, 0.29) is 18.4 Å². The molecule has 3 fully saturated rings. The SMILES string of the molecule is C=CCCCCN(C)C(=O)[C@@H]1C[C@H](n2nnc(-c3ccccc3)n2)C[C@H]1C(=O)NC1(C(=O)NS(=O)(=O)C2CC2)CC1. The van der Waals surface area contributed by atoms with Gasteiger partial charge in [0.2, 0.25) is 27.7 Å². The summed E-state index contributed by atoms with van der Waals surface area (Å²) < 4.78 is 26.8. The molecule has 0 bridgehead atoms.